The van der Waals surface area contributed by atoms with Crippen molar-refractivity contribution in [2.45, 2.75) is 19.8 Å². The van der Waals surface area contributed by atoms with E-state index in [1.165, 1.54) is 0 Å². The Morgan fingerprint density at radius 2 is 1.92 bits per heavy atom. The molecule has 0 spiro atoms. The number of hydrogen-bond acceptors (Lipinski definition) is 3. The molecule has 0 saturated carbocycles. The zero-order valence-electron chi connectivity index (χ0n) is 13.6. The molecule has 0 fully saturated rings. The molecule has 25 heavy (non-hydrogen) atoms. The summed E-state index contributed by atoms with van der Waals surface area (Å²) in [6, 6.07) is 12.5. The first-order valence-corrected chi connectivity index (χ1v) is 9.15. The van der Waals surface area contributed by atoms with E-state index >= 15 is 0 Å². The van der Waals surface area contributed by atoms with Gasteiger partial charge in [-0.05, 0) is 71.8 Å². The van der Waals surface area contributed by atoms with E-state index in [1.807, 2.05) is 25.1 Å². The van der Waals surface area contributed by atoms with Crippen LogP contribution in [0.15, 0.2) is 42.5 Å². The van der Waals surface area contributed by atoms with Crippen molar-refractivity contribution in [3.05, 3.63) is 62.2 Å². The average molecular weight is 473 g/mol. The number of halogens is 2. The van der Waals surface area contributed by atoms with Gasteiger partial charge in [-0.15, -0.1) is 0 Å². The van der Waals surface area contributed by atoms with Crippen LogP contribution in [0.1, 0.15) is 28.8 Å². The standard InChI is InChI=1S/C18H18ClIN2O3/c1-12-11-13(19)8-9-16(12)25-10-4-7-17(23)21-22-18(24)14-5-2-3-6-15(14)20/h2-3,5-6,8-9,11H,4,7,10H2,1H3,(H,21,23)(H,22,24). The average Bonchev–Trinajstić information content (AvgIpc) is 2.58. The van der Waals surface area contributed by atoms with Crippen molar-refractivity contribution in [3.8, 4) is 5.75 Å². The fraction of sp³-hybridized carbons (Fsp3) is 0.222. The molecule has 7 heteroatoms. The van der Waals surface area contributed by atoms with E-state index in [4.69, 9.17) is 16.3 Å². The van der Waals surface area contributed by atoms with Crippen molar-refractivity contribution in [1.29, 1.82) is 0 Å². The molecule has 0 saturated heterocycles. The van der Waals surface area contributed by atoms with Crippen LogP contribution in [-0.4, -0.2) is 18.4 Å². The molecule has 0 aliphatic rings. The highest BCUT2D eigenvalue weighted by Gasteiger charge is 2.10. The number of carbonyl (C=O) groups is 2. The molecule has 5 nitrogen and oxygen atoms in total. The summed E-state index contributed by atoms with van der Waals surface area (Å²) in [5, 5.41) is 0.660. The summed E-state index contributed by atoms with van der Waals surface area (Å²) in [5.74, 6) is 0.138. The van der Waals surface area contributed by atoms with Crippen molar-refractivity contribution < 1.29 is 14.3 Å². The number of nitrogens with one attached hydrogen (secondary N) is 2. The van der Waals surface area contributed by atoms with Crippen LogP contribution in [-0.2, 0) is 4.79 Å². The third-order valence-electron chi connectivity index (χ3n) is 3.38. The van der Waals surface area contributed by atoms with Crippen LogP contribution < -0.4 is 15.6 Å². The summed E-state index contributed by atoms with van der Waals surface area (Å²) in [7, 11) is 0. The van der Waals surface area contributed by atoms with E-state index in [1.54, 1.807) is 24.3 Å². The lowest BCUT2D eigenvalue weighted by Gasteiger charge is -2.10. The number of hydrazine groups is 1. The molecule has 132 valence electrons. The zero-order valence-corrected chi connectivity index (χ0v) is 16.6. The maximum atomic E-state index is 12.0. The molecule has 0 aliphatic carbocycles. The van der Waals surface area contributed by atoms with Crippen molar-refractivity contribution in [3.63, 3.8) is 0 Å². The van der Waals surface area contributed by atoms with E-state index in [0.717, 1.165) is 14.9 Å². The number of ether oxygens (including phenoxy) is 1. The molecule has 0 aromatic heterocycles. The largest absolute Gasteiger partial charge is 0.493 e. The van der Waals surface area contributed by atoms with Crippen LogP contribution in [0, 0.1) is 10.5 Å². The van der Waals surface area contributed by atoms with Gasteiger partial charge in [-0.3, -0.25) is 20.4 Å². The minimum absolute atomic E-state index is 0.249. The predicted octanol–water partition coefficient (Wildman–Crippen LogP) is 3.87. The molecule has 0 radical (unpaired) electrons. The van der Waals surface area contributed by atoms with Gasteiger partial charge >= 0.3 is 0 Å². The molecule has 2 aromatic carbocycles. The van der Waals surface area contributed by atoms with Crippen molar-refractivity contribution in [1.82, 2.24) is 10.9 Å². The van der Waals surface area contributed by atoms with E-state index in [9.17, 15) is 9.59 Å². The van der Waals surface area contributed by atoms with Crippen LogP contribution >= 0.6 is 34.2 Å². The Morgan fingerprint density at radius 3 is 2.64 bits per heavy atom. The second-order valence-electron chi connectivity index (χ2n) is 5.34. The van der Waals surface area contributed by atoms with E-state index in [0.29, 0.717) is 23.6 Å². The van der Waals surface area contributed by atoms with E-state index < -0.39 is 0 Å². The van der Waals surface area contributed by atoms with Crippen molar-refractivity contribution in [2.75, 3.05) is 6.61 Å². The maximum Gasteiger partial charge on any atom is 0.270 e. The molecule has 0 heterocycles. The lowest BCUT2D eigenvalue weighted by Crippen LogP contribution is -2.41. The Labute approximate surface area is 165 Å². The lowest BCUT2D eigenvalue weighted by atomic mass is 10.2. The molecule has 0 bridgehead atoms. The van der Waals surface area contributed by atoms with Crippen LogP contribution in [0.25, 0.3) is 0 Å². The summed E-state index contributed by atoms with van der Waals surface area (Å²) < 4.78 is 6.44. The summed E-state index contributed by atoms with van der Waals surface area (Å²) in [4.78, 5) is 23.8. The van der Waals surface area contributed by atoms with Gasteiger partial charge in [-0.1, -0.05) is 23.7 Å². The Morgan fingerprint density at radius 1 is 1.16 bits per heavy atom. The fourth-order valence-corrected chi connectivity index (χ4v) is 2.95. The number of benzene rings is 2. The second-order valence-corrected chi connectivity index (χ2v) is 6.94. The van der Waals surface area contributed by atoms with Gasteiger partial charge in [0.1, 0.15) is 5.75 Å². The number of carbonyl (C=O) groups excluding carboxylic acids is 2. The quantitative estimate of drug-likeness (QED) is 0.381. The first-order valence-electron chi connectivity index (χ1n) is 7.70. The molecular weight excluding hydrogens is 455 g/mol. The van der Waals surface area contributed by atoms with Gasteiger partial charge in [0.05, 0.1) is 12.2 Å². The molecule has 0 aliphatic heterocycles. The number of hydrogen-bond donors (Lipinski definition) is 2. The topological polar surface area (TPSA) is 67.4 Å². The van der Waals surface area contributed by atoms with Gasteiger partial charge in [-0.2, -0.15) is 0 Å². The van der Waals surface area contributed by atoms with Crippen molar-refractivity contribution >= 4 is 46.0 Å². The second kappa shape index (κ2) is 9.62. The minimum atomic E-state index is -0.341. The van der Waals surface area contributed by atoms with Crippen LogP contribution in [0.4, 0.5) is 0 Å². The van der Waals surface area contributed by atoms with Gasteiger partial charge in [-0.25, -0.2) is 0 Å². The van der Waals surface area contributed by atoms with E-state index in [-0.39, 0.29) is 18.2 Å². The Balaban J connectivity index is 1.69. The maximum absolute atomic E-state index is 12.0. The molecule has 0 unspecified atom stereocenters. The molecule has 0 atom stereocenters. The van der Waals surface area contributed by atoms with Crippen molar-refractivity contribution in [2.24, 2.45) is 0 Å². The summed E-state index contributed by atoms with van der Waals surface area (Å²) >= 11 is 7.96. The van der Waals surface area contributed by atoms with Gasteiger partial charge in [0, 0.05) is 15.0 Å². The number of aryl methyl sites for hydroxylation is 1. The molecule has 2 amide bonds. The third-order valence-corrected chi connectivity index (χ3v) is 4.55. The first-order chi connectivity index (χ1) is 12.0. The predicted molar refractivity (Wildman–Crippen MR) is 106 cm³/mol. The number of rotatable bonds is 6. The van der Waals surface area contributed by atoms with Gasteiger partial charge in [0.25, 0.3) is 5.91 Å². The minimum Gasteiger partial charge on any atom is -0.493 e. The molecule has 2 aromatic rings. The zero-order chi connectivity index (χ0) is 18.2. The summed E-state index contributed by atoms with van der Waals surface area (Å²) in [5.41, 5.74) is 6.29. The lowest BCUT2D eigenvalue weighted by molar-refractivity contribution is -0.122. The fourth-order valence-electron chi connectivity index (χ4n) is 2.09. The summed E-state index contributed by atoms with van der Waals surface area (Å²) in [6.07, 6.45) is 0.783. The highest BCUT2D eigenvalue weighted by atomic mass is 127. The van der Waals surface area contributed by atoms with Crippen LogP contribution in [0.5, 0.6) is 5.75 Å². The number of amides is 2. The Hall–Kier alpha value is -1.80. The Bertz CT molecular complexity index is 768. The summed E-state index contributed by atoms with van der Waals surface area (Å²) in [6.45, 7) is 2.31. The SMILES string of the molecule is Cc1cc(Cl)ccc1OCCCC(=O)NNC(=O)c1ccccc1I. The van der Waals surface area contributed by atoms with Gasteiger partial charge in [0.15, 0.2) is 0 Å². The highest BCUT2D eigenvalue weighted by Crippen LogP contribution is 2.21. The first kappa shape index (κ1) is 19.5. The highest BCUT2D eigenvalue weighted by molar-refractivity contribution is 14.1. The monoisotopic (exact) mass is 472 g/mol. The van der Waals surface area contributed by atoms with Gasteiger partial charge in [0.2, 0.25) is 5.91 Å². The molecule has 2 rings (SSSR count). The normalized spacial score (nSPS) is 10.2. The molecule has 2 N–H and O–H groups in total. The Kier molecular flexibility index (Phi) is 7.52. The molecular formula is C18H18ClIN2O3. The van der Waals surface area contributed by atoms with E-state index in [2.05, 4.69) is 33.4 Å². The van der Waals surface area contributed by atoms with Crippen LogP contribution in [0.3, 0.4) is 0 Å². The smallest absolute Gasteiger partial charge is 0.270 e. The van der Waals surface area contributed by atoms with Crippen LogP contribution in [0.2, 0.25) is 5.02 Å². The van der Waals surface area contributed by atoms with Gasteiger partial charge < -0.3 is 4.74 Å². The third kappa shape index (κ3) is 6.21.